The molecule has 2 heteroatoms. The molecule has 0 radical (unpaired) electrons. The van der Waals surface area contributed by atoms with Crippen LogP contribution in [0.5, 0.6) is 0 Å². The molecular formula is C17H14ClN. The maximum Gasteiger partial charge on any atom is 0.0456 e. The second-order valence-corrected chi connectivity index (χ2v) is 5.00. The summed E-state index contributed by atoms with van der Waals surface area (Å²) in [7, 11) is 0. The fraction of sp³-hybridized carbons (Fsp3) is 0.0588. The summed E-state index contributed by atoms with van der Waals surface area (Å²) < 4.78 is 0. The molecule has 1 aromatic heterocycles. The summed E-state index contributed by atoms with van der Waals surface area (Å²) in [5.41, 5.74) is 4.83. The van der Waals surface area contributed by atoms with Gasteiger partial charge in [0.15, 0.2) is 0 Å². The monoisotopic (exact) mass is 267 g/mol. The average Bonchev–Trinajstić information content (AvgIpc) is 2.91. The van der Waals surface area contributed by atoms with E-state index >= 15 is 0 Å². The van der Waals surface area contributed by atoms with Gasteiger partial charge >= 0.3 is 0 Å². The van der Waals surface area contributed by atoms with Crippen LogP contribution >= 0.6 is 11.6 Å². The zero-order valence-electron chi connectivity index (χ0n) is 10.4. The van der Waals surface area contributed by atoms with Crippen molar-refractivity contribution in [3.05, 3.63) is 83.0 Å². The molecule has 3 aromatic rings. The lowest BCUT2D eigenvalue weighted by molar-refractivity contribution is 1.11. The largest absolute Gasteiger partial charge is 0.358 e. The molecule has 94 valence electrons. The van der Waals surface area contributed by atoms with Gasteiger partial charge in [-0.15, -0.1) is 0 Å². The number of halogens is 1. The minimum atomic E-state index is 0.778. The van der Waals surface area contributed by atoms with Crippen LogP contribution in [-0.4, -0.2) is 4.98 Å². The van der Waals surface area contributed by atoms with Crippen molar-refractivity contribution in [3.63, 3.8) is 0 Å². The van der Waals surface area contributed by atoms with E-state index in [2.05, 4.69) is 53.5 Å². The van der Waals surface area contributed by atoms with Gasteiger partial charge in [0.25, 0.3) is 0 Å². The van der Waals surface area contributed by atoms with Gasteiger partial charge in [-0.3, -0.25) is 0 Å². The lowest BCUT2D eigenvalue weighted by atomic mass is 10.1. The summed E-state index contributed by atoms with van der Waals surface area (Å²) in [6, 6.07) is 22.6. The average molecular weight is 268 g/mol. The SMILES string of the molecule is Clc1ccc(Cc2ccc(-c3ccccc3)[nH]2)cc1. The van der Waals surface area contributed by atoms with Gasteiger partial charge in [-0.2, -0.15) is 0 Å². The van der Waals surface area contributed by atoms with Crippen molar-refractivity contribution in [1.29, 1.82) is 0 Å². The van der Waals surface area contributed by atoms with Crippen LogP contribution in [0.2, 0.25) is 5.02 Å². The highest BCUT2D eigenvalue weighted by Crippen LogP contribution is 2.20. The van der Waals surface area contributed by atoms with Gasteiger partial charge in [0.2, 0.25) is 0 Å². The van der Waals surface area contributed by atoms with E-state index in [4.69, 9.17) is 11.6 Å². The van der Waals surface area contributed by atoms with Gasteiger partial charge in [-0.05, 0) is 35.4 Å². The van der Waals surface area contributed by atoms with Gasteiger partial charge in [-0.25, -0.2) is 0 Å². The Labute approximate surface area is 117 Å². The zero-order chi connectivity index (χ0) is 13.1. The van der Waals surface area contributed by atoms with Crippen LogP contribution in [0.25, 0.3) is 11.3 Å². The minimum Gasteiger partial charge on any atom is -0.358 e. The molecule has 0 amide bonds. The molecule has 1 heterocycles. The summed E-state index contributed by atoms with van der Waals surface area (Å²) in [5, 5.41) is 0.778. The second kappa shape index (κ2) is 5.33. The molecule has 3 rings (SSSR count). The Hall–Kier alpha value is -1.99. The van der Waals surface area contributed by atoms with Gasteiger partial charge in [0, 0.05) is 22.8 Å². The molecule has 2 aromatic carbocycles. The predicted molar refractivity (Wildman–Crippen MR) is 80.5 cm³/mol. The third-order valence-electron chi connectivity index (χ3n) is 3.14. The van der Waals surface area contributed by atoms with E-state index < -0.39 is 0 Å². The fourth-order valence-electron chi connectivity index (χ4n) is 2.15. The van der Waals surface area contributed by atoms with Crippen LogP contribution in [0.3, 0.4) is 0 Å². The summed E-state index contributed by atoms with van der Waals surface area (Å²) in [4.78, 5) is 3.46. The summed E-state index contributed by atoms with van der Waals surface area (Å²) in [6.07, 6.45) is 0.893. The molecular weight excluding hydrogens is 254 g/mol. The van der Waals surface area contributed by atoms with Gasteiger partial charge < -0.3 is 4.98 Å². The highest BCUT2D eigenvalue weighted by Gasteiger charge is 2.02. The molecule has 0 aliphatic rings. The van der Waals surface area contributed by atoms with Crippen molar-refractivity contribution in [2.24, 2.45) is 0 Å². The van der Waals surface area contributed by atoms with Crippen molar-refractivity contribution in [3.8, 4) is 11.3 Å². The Morgan fingerprint density at radius 3 is 2.26 bits per heavy atom. The number of aromatic amines is 1. The van der Waals surface area contributed by atoms with Crippen LogP contribution in [0.1, 0.15) is 11.3 Å². The maximum atomic E-state index is 5.89. The Kier molecular flexibility index (Phi) is 3.39. The van der Waals surface area contributed by atoms with Crippen molar-refractivity contribution in [2.45, 2.75) is 6.42 Å². The number of rotatable bonds is 3. The first-order valence-electron chi connectivity index (χ1n) is 6.29. The first-order chi connectivity index (χ1) is 9.31. The smallest absolute Gasteiger partial charge is 0.0456 e. The van der Waals surface area contributed by atoms with E-state index in [1.165, 1.54) is 16.8 Å². The Bertz CT molecular complexity index is 653. The van der Waals surface area contributed by atoms with E-state index in [-0.39, 0.29) is 0 Å². The third kappa shape index (κ3) is 2.88. The molecule has 0 unspecified atom stereocenters. The predicted octanol–water partition coefficient (Wildman–Crippen LogP) is 4.93. The van der Waals surface area contributed by atoms with Gasteiger partial charge in [-0.1, -0.05) is 54.1 Å². The highest BCUT2D eigenvalue weighted by molar-refractivity contribution is 6.30. The molecule has 0 fully saturated rings. The molecule has 0 spiro atoms. The number of benzene rings is 2. The fourth-order valence-corrected chi connectivity index (χ4v) is 2.28. The number of H-pyrrole nitrogens is 1. The molecule has 0 saturated carbocycles. The van der Waals surface area contributed by atoms with Crippen LogP contribution in [0.15, 0.2) is 66.7 Å². The molecule has 0 atom stereocenters. The van der Waals surface area contributed by atoms with Crippen LogP contribution in [-0.2, 0) is 6.42 Å². The molecule has 19 heavy (non-hydrogen) atoms. The quantitative estimate of drug-likeness (QED) is 0.693. The molecule has 0 bridgehead atoms. The van der Waals surface area contributed by atoms with Crippen LogP contribution in [0, 0.1) is 0 Å². The Balaban J connectivity index is 1.80. The highest BCUT2D eigenvalue weighted by atomic mass is 35.5. The van der Waals surface area contributed by atoms with E-state index in [0.717, 1.165) is 17.1 Å². The van der Waals surface area contributed by atoms with Crippen molar-refractivity contribution >= 4 is 11.6 Å². The van der Waals surface area contributed by atoms with Gasteiger partial charge in [0.1, 0.15) is 0 Å². The van der Waals surface area contributed by atoms with Crippen LogP contribution < -0.4 is 0 Å². The summed E-state index contributed by atoms with van der Waals surface area (Å²) in [6.45, 7) is 0. The number of aromatic nitrogens is 1. The number of nitrogens with one attached hydrogen (secondary N) is 1. The molecule has 0 aliphatic heterocycles. The van der Waals surface area contributed by atoms with Crippen molar-refractivity contribution < 1.29 is 0 Å². The Morgan fingerprint density at radius 1 is 0.789 bits per heavy atom. The second-order valence-electron chi connectivity index (χ2n) is 4.57. The summed E-state index contributed by atoms with van der Waals surface area (Å²) in [5.74, 6) is 0. The lowest BCUT2D eigenvalue weighted by Crippen LogP contribution is -1.88. The molecule has 1 N–H and O–H groups in total. The van der Waals surface area contributed by atoms with E-state index in [0.29, 0.717) is 0 Å². The minimum absolute atomic E-state index is 0.778. The van der Waals surface area contributed by atoms with Crippen molar-refractivity contribution in [2.75, 3.05) is 0 Å². The number of hydrogen-bond acceptors (Lipinski definition) is 0. The summed E-state index contributed by atoms with van der Waals surface area (Å²) >= 11 is 5.89. The zero-order valence-corrected chi connectivity index (χ0v) is 11.2. The molecule has 0 saturated heterocycles. The van der Waals surface area contributed by atoms with E-state index in [1.807, 2.05) is 18.2 Å². The number of hydrogen-bond donors (Lipinski definition) is 1. The standard InChI is InChI=1S/C17H14ClN/c18-15-8-6-13(7-9-15)12-16-10-11-17(19-16)14-4-2-1-3-5-14/h1-11,19H,12H2. The van der Waals surface area contributed by atoms with Gasteiger partial charge in [0.05, 0.1) is 0 Å². The third-order valence-corrected chi connectivity index (χ3v) is 3.39. The molecule has 1 nitrogen and oxygen atoms in total. The first-order valence-corrected chi connectivity index (χ1v) is 6.67. The lowest BCUT2D eigenvalue weighted by Gasteiger charge is -2.00. The topological polar surface area (TPSA) is 15.8 Å². The van der Waals surface area contributed by atoms with E-state index in [1.54, 1.807) is 0 Å². The Morgan fingerprint density at radius 2 is 1.53 bits per heavy atom. The van der Waals surface area contributed by atoms with E-state index in [9.17, 15) is 0 Å². The molecule has 0 aliphatic carbocycles. The van der Waals surface area contributed by atoms with Crippen molar-refractivity contribution in [1.82, 2.24) is 4.98 Å². The normalized spacial score (nSPS) is 10.6. The van der Waals surface area contributed by atoms with Crippen LogP contribution in [0.4, 0.5) is 0 Å². The maximum absolute atomic E-state index is 5.89. The first kappa shape index (κ1) is 12.1.